The minimum absolute atomic E-state index is 0.0352. The summed E-state index contributed by atoms with van der Waals surface area (Å²) >= 11 is 1.57. The largest absolute Gasteiger partial charge is 0.459 e. The van der Waals surface area contributed by atoms with Crippen LogP contribution in [0.25, 0.3) is 0 Å². The molecular weight excluding hydrogens is 362 g/mol. The summed E-state index contributed by atoms with van der Waals surface area (Å²) in [5.41, 5.74) is 2.02. The summed E-state index contributed by atoms with van der Waals surface area (Å²) in [4.78, 5) is 20.6. The van der Waals surface area contributed by atoms with E-state index in [2.05, 4.69) is 21.3 Å². The molecule has 1 aliphatic heterocycles. The van der Waals surface area contributed by atoms with Crippen molar-refractivity contribution in [3.63, 3.8) is 0 Å². The van der Waals surface area contributed by atoms with E-state index < -0.39 is 0 Å². The molecule has 0 aromatic carbocycles. The number of hydrogen-bond acceptors (Lipinski definition) is 6. The summed E-state index contributed by atoms with van der Waals surface area (Å²) in [5, 5.41) is 3.85. The molecule has 1 fully saturated rings. The lowest BCUT2D eigenvalue weighted by Crippen LogP contribution is -2.40. The molecule has 27 heavy (non-hydrogen) atoms. The highest BCUT2D eigenvalue weighted by Crippen LogP contribution is 2.38. The first-order valence-corrected chi connectivity index (χ1v) is 9.72. The van der Waals surface area contributed by atoms with Gasteiger partial charge in [-0.15, -0.1) is 11.3 Å². The number of hydrogen-bond donors (Lipinski definition) is 1. The van der Waals surface area contributed by atoms with Crippen LogP contribution < -0.4 is 5.32 Å². The molecule has 1 atom stereocenters. The molecule has 1 saturated heterocycles. The molecule has 6 nitrogen and oxygen atoms in total. The molecule has 1 N–H and O–H groups in total. The van der Waals surface area contributed by atoms with Gasteiger partial charge in [-0.25, -0.2) is 0 Å². The number of thiophene rings is 1. The fraction of sp³-hybridized carbons (Fsp3) is 0.300. The highest BCUT2D eigenvalue weighted by Gasteiger charge is 2.29. The number of nitrogens with one attached hydrogen (secondary N) is 1. The van der Waals surface area contributed by atoms with Crippen LogP contribution in [0.15, 0.2) is 53.3 Å². The summed E-state index contributed by atoms with van der Waals surface area (Å²) in [6.45, 7) is 5.08. The number of furan rings is 1. The van der Waals surface area contributed by atoms with E-state index in [-0.39, 0.29) is 11.9 Å². The van der Waals surface area contributed by atoms with Crippen LogP contribution >= 0.6 is 11.3 Å². The molecule has 0 bridgehead atoms. The first kappa shape index (κ1) is 17.9. The number of pyridine rings is 1. The molecular formula is C20H21N3O3S. The molecule has 3 aromatic rings. The summed E-state index contributed by atoms with van der Waals surface area (Å²) < 4.78 is 10.8. The van der Waals surface area contributed by atoms with Crippen LogP contribution in [0.5, 0.6) is 0 Å². The van der Waals surface area contributed by atoms with Crippen molar-refractivity contribution in [2.24, 2.45) is 0 Å². The summed E-state index contributed by atoms with van der Waals surface area (Å²) in [5.74, 6) is 0.0533. The van der Waals surface area contributed by atoms with E-state index in [4.69, 9.17) is 9.15 Å². The lowest BCUT2D eigenvalue weighted by atomic mass is 10.0. The average molecular weight is 383 g/mol. The van der Waals surface area contributed by atoms with Gasteiger partial charge in [-0.3, -0.25) is 14.7 Å². The van der Waals surface area contributed by atoms with Crippen LogP contribution in [-0.2, 0) is 4.74 Å². The van der Waals surface area contributed by atoms with Crippen molar-refractivity contribution < 1.29 is 13.9 Å². The lowest BCUT2D eigenvalue weighted by Gasteiger charge is -2.34. The second kappa shape index (κ2) is 8.04. The second-order valence-corrected chi connectivity index (χ2v) is 7.63. The van der Waals surface area contributed by atoms with Crippen LogP contribution in [0.4, 0.5) is 5.00 Å². The van der Waals surface area contributed by atoms with Crippen LogP contribution in [0.3, 0.4) is 0 Å². The third-order valence-electron chi connectivity index (χ3n) is 4.53. The van der Waals surface area contributed by atoms with Crippen molar-refractivity contribution in [2.45, 2.75) is 13.0 Å². The summed E-state index contributed by atoms with van der Waals surface area (Å²) in [6.07, 6.45) is 3.31. The molecule has 0 radical (unpaired) electrons. The molecule has 0 spiro atoms. The maximum atomic E-state index is 12.5. The van der Waals surface area contributed by atoms with Gasteiger partial charge in [0.2, 0.25) is 0 Å². The van der Waals surface area contributed by atoms with Gasteiger partial charge >= 0.3 is 0 Å². The number of carbonyl (C=O) groups is 1. The number of aryl methyl sites for hydroxylation is 1. The standard InChI is InChI=1S/C20H21N3O3S/c1-14-13-15(20(27-14)22-19(24)17-6-4-10-26-17)18(16-5-2-3-7-21-16)23-8-11-25-12-9-23/h2-7,10,13,18H,8-9,11-12H2,1H3,(H,22,24). The molecule has 140 valence electrons. The van der Waals surface area contributed by atoms with Gasteiger partial charge in [-0.2, -0.15) is 0 Å². The van der Waals surface area contributed by atoms with E-state index >= 15 is 0 Å². The quantitative estimate of drug-likeness (QED) is 0.727. The Morgan fingerprint density at radius 1 is 1.26 bits per heavy atom. The van der Waals surface area contributed by atoms with Crippen LogP contribution in [-0.4, -0.2) is 42.1 Å². The van der Waals surface area contributed by atoms with Gasteiger partial charge in [-0.1, -0.05) is 6.07 Å². The highest BCUT2D eigenvalue weighted by atomic mass is 32.1. The number of aromatic nitrogens is 1. The molecule has 7 heteroatoms. The van der Waals surface area contributed by atoms with Gasteiger partial charge in [0, 0.05) is 29.7 Å². The molecule has 1 aliphatic rings. The fourth-order valence-electron chi connectivity index (χ4n) is 3.32. The highest BCUT2D eigenvalue weighted by molar-refractivity contribution is 7.16. The average Bonchev–Trinajstić information content (AvgIpc) is 3.34. The number of amides is 1. The first-order chi connectivity index (χ1) is 13.2. The zero-order chi connectivity index (χ0) is 18.6. The summed E-state index contributed by atoms with van der Waals surface area (Å²) in [6, 6.07) is 11.4. The van der Waals surface area contributed by atoms with Crippen LogP contribution in [0.2, 0.25) is 0 Å². The summed E-state index contributed by atoms with van der Waals surface area (Å²) in [7, 11) is 0. The van der Waals surface area contributed by atoms with Crippen LogP contribution in [0, 0.1) is 6.92 Å². The Bertz CT molecular complexity index is 887. The Morgan fingerprint density at radius 3 is 2.81 bits per heavy atom. The van der Waals surface area contributed by atoms with Gasteiger partial charge in [0.05, 0.1) is 31.2 Å². The molecule has 0 saturated carbocycles. The predicted octanol–water partition coefficient (Wildman–Crippen LogP) is 3.72. The number of nitrogens with zero attached hydrogens (tertiary/aromatic N) is 2. The monoisotopic (exact) mass is 383 g/mol. The van der Waals surface area contributed by atoms with Crippen molar-refractivity contribution in [3.05, 3.63) is 70.8 Å². The number of anilines is 1. The smallest absolute Gasteiger partial charge is 0.291 e. The molecule has 4 heterocycles. The Balaban J connectivity index is 1.70. The number of carbonyl (C=O) groups excluding carboxylic acids is 1. The van der Waals surface area contributed by atoms with Crippen molar-refractivity contribution in [2.75, 3.05) is 31.6 Å². The fourth-order valence-corrected chi connectivity index (χ4v) is 4.26. The van der Waals surface area contributed by atoms with Gasteiger partial charge in [-0.05, 0) is 37.3 Å². The zero-order valence-corrected chi connectivity index (χ0v) is 15.9. The first-order valence-electron chi connectivity index (χ1n) is 8.90. The zero-order valence-electron chi connectivity index (χ0n) is 15.1. The SMILES string of the molecule is Cc1cc(C(c2ccccn2)N2CCOCC2)c(NC(=O)c2ccco2)s1. The number of morpholine rings is 1. The Hall–Kier alpha value is -2.48. The van der Waals surface area contributed by atoms with Gasteiger partial charge < -0.3 is 14.5 Å². The third kappa shape index (κ3) is 3.95. The van der Waals surface area contributed by atoms with Gasteiger partial charge in [0.15, 0.2) is 5.76 Å². The Labute approximate surface area is 161 Å². The van der Waals surface area contributed by atoms with E-state index in [0.29, 0.717) is 19.0 Å². The third-order valence-corrected chi connectivity index (χ3v) is 5.51. The maximum Gasteiger partial charge on any atom is 0.291 e. The topological polar surface area (TPSA) is 67.6 Å². The number of ether oxygens (including phenoxy) is 1. The van der Waals surface area contributed by atoms with Crippen molar-refractivity contribution in [3.8, 4) is 0 Å². The minimum Gasteiger partial charge on any atom is -0.459 e. The van der Waals surface area contributed by atoms with E-state index in [1.54, 1.807) is 23.5 Å². The van der Waals surface area contributed by atoms with E-state index in [1.807, 2.05) is 31.3 Å². The molecule has 0 aliphatic carbocycles. The number of rotatable bonds is 5. The van der Waals surface area contributed by atoms with E-state index in [0.717, 1.165) is 34.2 Å². The molecule has 1 amide bonds. The van der Waals surface area contributed by atoms with Crippen molar-refractivity contribution in [1.29, 1.82) is 0 Å². The van der Waals surface area contributed by atoms with Gasteiger partial charge in [0.25, 0.3) is 5.91 Å². The Morgan fingerprint density at radius 2 is 2.11 bits per heavy atom. The maximum absolute atomic E-state index is 12.5. The van der Waals surface area contributed by atoms with E-state index in [1.165, 1.54) is 6.26 Å². The molecule has 3 aromatic heterocycles. The van der Waals surface area contributed by atoms with Gasteiger partial charge in [0.1, 0.15) is 5.00 Å². The van der Waals surface area contributed by atoms with Crippen molar-refractivity contribution >= 4 is 22.2 Å². The molecule has 1 unspecified atom stereocenters. The lowest BCUT2D eigenvalue weighted by molar-refractivity contribution is 0.0234. The minimum atomic E-state index is -0.246. The molecule has 4 rings (SSSR count). The second-order valence-electron chi connectivity index (χ2n) is 6.38. The van der Waals surface area contributed by atoms with E-state index in [9.17, 15) is 4.79 Å². The normalized spacial score (nSPS) is 16.2. The van der Waals surface area contributed by atoms with Crippen LogP contribution in [0.1, 0.15) is 32.7 Å². The van der Waals surface area contributed by atoms with Crippen molar-refractivity contribution in [1.82, 2.24) is 9.88 Å². The predicted molar refractivity (Wildman–Crippen MR) is 104 cm³/mol. The Kier molecular flexibility index (Phi) is 5.33.